The minimum atomic E-state index is -4.99. The van der Waals surface area contributed by atoms with Crippen LogP contribution in [0.25, 0.3) is 21.5 Å². The van der Waals surface area contributed by atoms with E-state index in [2.05, 4.69) is 9.05 Å². The maximum Gasteiger partial charge on any atom is 1.00 e. The van der Waals surface area contributed by atoms with Crippen molar-refractivity contribution >= 4 is 37.2 Å². The first-order valence-electron chi connectivity index (χ1n) is 8.51. The number of phosphoric ester groups is 2. The molecule has 14 heteroatoms. The Balaban J connectivity index is 0. The zero-order valence-electron chi connectivity index (χ0n) is 19.2. The molecule has 0 radical (unpaired) electrons. The van der Waals surface area contributed by atoms with E-state index in [1.165, 1.54) is 18.2 Å². The molecule has 8 nitrogen and oxygen atoms in total. The predicted octanol–water partition coefficient (Wildman–Crippen LogP) is -9.89. The van der Waals surface area contributed by atoms with E-state index in [1.807, 2.05) is 42.5 Å². The van der Waals surface area contributed by atoms with Gasteiger partial charge >= 0.3 is 118 Å². The third kappa shape index (κ3) is 12.7. The van der Waals surface area contributed by atoms with Gasteiger partial charge in [-0.2, -0.15) is 0 Å². The number of fused-ring (bicyclic) bond motifs is 2. The van der Waals surface area contributed by atoms with Crippen molar-refractivity contribution in [1.29, 1.82) is 0 Å². The Kier molecular flexibility index (Phi) is 18.7. The SMILES string of the molecule is O=P([O-])([O-])Oc1ccc2ccccc2c1.O=P([O-])([O-])Oc1cccc2ccccc12.[Na+].[Na+].[Na+].[Na+]. The van der Waals surface area contributed by atoms with Crippen LogP contribution in [0.5, 0.6) is 11.5 Å². The average molecular weight is 536 g/mol. The number of rotatable bonds is 4. The van der Waals surface area contributed by atoms with Gasteiger partial charge in [-0.15, -0.1) is 0 Å². The van der Waals surface area contributed by atoms with Crippen molar-refractivity contribution in [3.8, 4) is 11.5 Å². The molecule has 0 spiro atoms. The molecule has 34 heavy (non-hydrogen) atoms. The Labute approximate surface area is 285 Å². The van der Waals surface area contributed by atoms with Crippen LogP contribution in [0.4, 0.5) is 0 Å². The zero-order chi connectivity index (χ0) is 21.8. The van der Waals surface area contributed by atoms with Crippen LogP contribution in [-0.2, 0) is 9.13 Å². The molecule has 0 amide bonds. The largest absolute Gasteiger partial charge is 1.00 e. The van der Waals surface area contributed by atoms with Crippen molar-refractivity contribution in [3.63, 3.8) is 0 Å². The molecule has 156 valence electrons. The first kappa shape index (κ1) is 37.5. The number of benzene rings is 4. The summed E-state index contributed by atoms with van der Waals surface area (Å²) in [5.74, 6) is 0.114. The first-order chi connectivity index (χ1) is 14.1. The van der Waals surface area contributed by atoms with Gasteiger partial charge in [0, 0.05) is 5.39 Å². The Hall–Kier alpha value is 1.30. The number of hydrogen-bond donors (Lipinski definition) is 0. The molecule has 0 bridgehead atoms. The van der Waals surface area contributed by atoms with Crippen LogP contribution in [0.1, 0.15) is 0 Å². The molecule has 0 saturated heterocycles. The van der Waals surface area contributed by atoms with E-state index < -0.39 is 15.6 Å². The van der Waals surface area contributed by atoms with Crippen LogP contribution in [0.3, 0.4) is 0 Å². The van der Waals surface area contributed by atoms with Gasteiger partial charge in [0.1, 0.15) is 27.1 Å². The van der Waals surface area contributed by atoms with E-state index in [0.29, 0.717) is 5.39 Å². The molecule has 0 saturated carbocycles. The smallest absolute Gasteiger partial charge is 0.780 e. The second-order valence-electron chi connectivity index (χ2n) is 6.06. The van der Waals surface area contributed by atoms with Crippen molar-refractivity contribution in [2.24, 2.45) is 0 Å². The summed E-state index contributed by atoms with van der Waals surface area (Å²) in [6.07, 6.45) is 0. The quantitative estimate of drug-likeness (QED) is 0.185. The van der Waals surface area contributed by atoms with Crippen LogP contribution < -0.4 is 147 Å². The van der Waals surface area contributed by atoms with Crippen molar-refractivity contribution in [1.82, 2.24) is 0 Å². The van der Waals surface area contributed by atoms with Gasteiger partial charge in [0.05, 0.1) is 0 Å². The summed E-state index contributed by atoms with van der Waals surface area (Å²) in [7, 11) is -9.96. The molecule has 0 fully saturated rings. The van der Waals surface area contributed by atoms with Gasteiger partial charge in [-0.3, -0.25) is 0 Å². The summed E-state index contributed by atoms with van der Waals surface area (Å²) in [6, 6.07) is 24.0. The molecule has 4 aromatic carbocycles. The summed E-state index contributed by atoms with van der Waals surface area (Å²) >= 11 is 0. The summed E-state index contributed by atoms with van der Waals surface area (Å²) in [6.45, 7) is 0. The molecule has 0 heterocycles. The van der Waals surface area contributed by atoms with Crippen LogP contribution in [0.2, 0.25) is 0 Å². The van der Waals surface area contributed by atoms with Gasteiger partial charge in [0.15, 0.2) is 0 Å². The Morgan fingerprint density at radius 2 is 1.03 bits per heavy atom. The Morgan fingerprint density at radius 3 is 1.62 bits per heavy atom. The number of hydrogen-bond acceptors (Lipinski definition) is 8. The molecule has 0 aliphatic rings. The molecular formula is C20H14Na4O8P2. The van der Waals surface area contributed by atoms with Gasteiger partial charge in [-0.05, 0) is 34.4 Å². The van der Waals surface area contributed by atoms with Crippen molar-refractivity contribution in [2.75, 3.05) is 0 Å². The van der Waals surface area contributed by atoms with Gasteiger partial charge in [0.25, 0.3) is 0 Å². The fourth-order valence-corrected chi connectivity index (χ4v) is 3.52. The number of phosphoric acid groups is 2. The van der Waals surface area contributed by atoms with Crippen molar-refractivity contribution < 1.29 is 156 Å². The topological polar surface area (TPSA) is 145 Å². The van der Waals surface area contributed by atoms with Crippen molar-refractivity contribution in [2.45, 2.75) is 0 Å². The van der Waals surface area contributed by atoms with E-state index >= 15 is 0 Å². The van der Waals surface area contributed by atoms with Crippen LogP contribution in [0, 0.1) is 0 Å². The minimum Gasteiger partial charge on any atom is -0.780 e. The monoisotopic (exact) mass is 536 g/mol. The second kappa shape index (κ2) is 17.0. The second-order valence-corrected chi connectivity index (χ2v) is 8.22. The molecule has 0 atom stereocenters. The first-order valence-corrected chi connectivity index (χ1v) is 11.4. The standard InChI is InChI=1S/2C10H9O4P.4Na/c11-15(12,13)14-10-7-3-5-8-4-1-2-6-9(8)10;11-15(12,13)14-10-6-5-8-3-1-2-4-9(8)7-10;;;;/h2*1-7H,(H2,11,12,13);;;;/q;;4*+1/p-4. The van der Waals surface area contributed by atoms with E-state index in [-0.39, 0.29) is 130 Å². The third-order valence-corrected chi connectivity index (χ3v) is 4.75. The van der Waals surface area contributed by atoms with E-state index in [0.717, 1.165) is 16.2 Å². The van der Waals surface area contributed by atoms with Gasteiger partial charge in [-0.25, -0.2) is 0 Å². The van der Waals surface area contributed by atoms with Gasteiger partial charge < -0.3 is 37.8 Å². The van der Waals surface area contributed by atoms with Crippen LogP contribution in [-0.4, -0.2) is 0 Å². The molecule has 0 unspecified atom stereocenters. The summed E-state index contributed by atoms with van der Waals surface area (Å²) in [5.41, 5.74) is 0. The van der Waals surface area contributed by atoms with E-state index in [1.54, 1.807) is 24.3 Å². The molecule has 0 aromatic heterocycles. The fraction of sp³-hybridized carbons (Fsp3) is 0. The Morgan fingerprint density at radius 1 is 0.529 bits per heavy atom. The average Bonchev–Trinajstić information content (AvgIpc) is 2.66. The fourth-order valence-electron chi connectivity index (χ4n) is 2.75. The maximum absolute atomic E-state index is 10.5. The Bertz CT molecular complexity index is 1270. The van der Waals surface area contributed by atoms with Gasteiger partial charge in [0.2, 0.25) is 0 Å². The summed E-state index contributed by atoms with van der Waals surface area (Å²) in [4.78, 5) is 41.8. The molecule has 4 rings (SSSR count). The summed E-state index contributed by atoms with van der Waals surface area (Å²) in [5, 5.41) is 3.20. The van der Waals surface area contributed by atoms with E-state index in [4.69, 9.17) is 0 Å². The van der Waals surface area contributed by atoms with Gasteiger partial charge in [-0.1, -0.05) is 66.7 Å². The molecule has 4 aromatic rings. The van der Waals surface area contributed by atoms with Crippen molar-refractivity contribution in [3.05, 3.63) is 84.9 Å². The van der Waals surface area contributed by atoms with Crippen LogP contribution >= 0.6 is 15.6 Å². The molecular weight excluding hydrogens is 522 g/mol. The molecule has 0 N–H and O–H groups in total. The van der Waals surface area contributed by atoms with E-state index in [9.17, 15) is 28.7 Å². The molecule has 0 aliphatic carbocycles. The minimum absolute atomic E-state index is 0. The predicted molar refractivity (Wildman–Crippen MR) is 104 cm³/mol. The maximum atomic E-state index is 10.5. The normalized spacial score (nSPS) is 10.2. The zero-order valence-corrected chi connectivity index (χ0v) is 29.0. The van der Waals surface area contributed by atoms with Crippen LogP contribution in [0.15, 0.2) is 84.9 Å². The third-order valence-electron chi connectivity index (χ3n) is 3.90. The molecule has 0 aliphatic heterocycles. The summed E-state index contributed by atoms with van der Waals surface area (Å²) < 4.78 is 29.5.